The summed E-state index contributed by atoms with van der Waals surface area (Å²) in [6.07, 6.45) is 4.19. The number of carbonyl (C=O) groups excluding carboxylic acids is 9. The van der Waals surface area contributed by atoms with Gasteiger partial charge in [-0.1, -0.05) is 83.1 Å². The van der Waals surface area contributed by atoms with Gasteiger partial charge < -0.3 is 64.0 Å². The van der Waals surface area contributed by atoms with E-state index in [1.807, 2.05) is 24.3 Å². The highest BCUT2D eigenvalue weighted by molar-refractivity contribution is 5.96. The number of hydrogen-bond acceptors (Lipinski definition) is 11. The molecule has 2 aromatic heterocycles. The van der Waals surface area contributed by atoms with E-state index in [0.29, 0.717) is 16.8 Å². The van der Waals surface area contributed by atoms with Gasteiger partial charge in [0.1, 0.15) is 36.3 Å². The average Bonchev–Trinajstić information content (AvgIpc) is 3.99. The van der Waals surface area contributed by atoms with Crippen molar-refractivity contribution in [3.05, 3.63) is 90.1 Å². The molecule has 9 amide bonds. The Bertz CT molecular complexity index is 2490. The van der Waals surface area contributed by atoms with E-state index in [2.05, 4.69) is 46.9 Å². The first-order chi connectivity index (χ1) is 33.5. The lowest BCUT2D eigenvalue weighted by Crippen LogP contribution is -2.59. The van der Waals surface area contributed by atoms with Crippen LogP contribution in [0.15, 0.2) is 73.3 Å². The second kappa shape index (κ2) is 25.8. The minimum atomic E-state index is -1.20. The fourth-order valence-corrected chi connectivity index (χ4v) is 7.68. The van der Waals surface area contributed by atoms with Crippen molar-refractivity contribution >= 4 is 64.1 Å². The summed E-state index contributed by atoms with van der Waals surface area (Å²) in [6.45, 7) is 9.84. The third-order valence-corrected chi connectivity index (χ3v) is 11.9. The van der Waals surface area contributed by atoms with E-state index < -0.39 is 107 Å². The van der Waals surface area contributed by atoms with Gasteiger partial charge in [0.15, 0.2) is 0 Å². The Hall–Kier alpha value is -7.62. The van der Waals surface area contributed by atoms with Gasteiger partial charge in [0, 0.05) is 74.7 Å². The van der Waals surface area contributed by atoms with Crippen molar-refractivity contribution in [1.29, 1.82) is 0 Å². The highest BCUT2D eigenvalue weighted by Crippen LogP contribution is 2.21. The molecule has 22 nitrogen and oxygen atoms in total. The van der Waals surface area contributed by atoms with Crippen molar-refractivity contribution in [3.8, 4) is 0 Å². The molecule has 0 fully saturated rings. The molecule has 22 heteroatoms. The molecule has 2 aromatic carbocycles. The number of nitrogens with zero attached hydrogens (tertiary/aromatic N) is 2. The van der Waals surface area contributed by atoms with Crippen molar-refractivity contribution in [2.75, 3.05) is 13.6 Å². The van der Waals surface area contributed by atoms with E-state index in [1.165, 1.54) is 31.4 Å². The minimum absolute atomic E-state index is 0.0143. The number of hydrogen-bond donors (Lipinski definition) is 11. The normalized spacial score (nSPS) is 14.4. The fraction of sp³-hybridized carbons (Fsp3) is 0.469. The number of para-hydroxylation sites is 1. The van der Waals surface area contributed by atoms with Crippen LogP contribution in [-0.2, 0) is 62.4 Å². The molecule has 0 saturated heterocycles. The van der Waals surface area contributed by atoms with Gasteiger partial charge in [-0.2, -0.15) is 0 Å². The molecule has 0 saturated carbocycles. The largest absolute Gasteiger partial charge is 0.370 e. The smallest absolute Gasteiger partial charge is 0.243 e. The Morgan fingerprint density at radius 2 is 1.34 bits per heavy atom. The number of aromatic nitrogens is 3. The van der Waals surface area contributed by atoms with Gasteiger partial charge in [-0.05, 0) is 41.9 Å². The van der Waals surface area contributed by atoms with Gasteiger partial charge in [-0.25, -0.2) is 4.98 Å². The van der Waals surface area contributed by atoms with Crippen LogP contribution in [0, 0.1) is 11.3 Å². The van der Waals surface area contributed by atoms with Crippen LogP contribution < -0.4 is 49.1 Å². The molecule has 0 spiro atoms. The number of H-pyrrole nitrogens is 2. The molecular weight excluding hydrogens is 915 g/mol. The number of primary amides is 2. The number of likely N-dealkylation sites (N-methyl/N-ethyl adjacent to an activating group) is 1. The summed E-state index contributed by atoms with van der Waals surface area (Å²) in [7, 11) is 1.42. The first-order valence-corrected chi connectivity index (χ1v) is 23.4. The van der Waals surface area contributed by atoms with Gasteiger partial charge in [0.05, 0.1) is 12.4 Å². The minimum Gasteiger partial charge on any atom is -0.370 e. The van der Waals surface area contributed by atoms with Crippen LogP contribution in [0.2, 0.25) is 0 Å². The van der Waals surface area contributed by atoms with E-state index >= 15 is 0 Å². The van der Waals surface area contributed by atoms with E-state index in [-0.39, 0.29) is 45.1 Å². The zero-order valence-corrected chi connectivity index (χ0v) is 41.3. The first kappa shape index (κ1) is 56.0. The summed E-state index contributed by atoms with van der Waals surface area (Å²) in [6, 6.07) is 8.22. The van der Waals surface area contributed by atoms with Gasteiger partial charge in [-0.15, -0.1) is 0 Å². The molecule has 1 unspecified atom stereocenters. The Morgan fingerprint density at radius 1 is 0.704 bits per heavy atom. The molecular formula is C49H69N13O9. The zero-order chi connectivity index (χ0) is 52.6. The molecule has 7 atom stereocenters. The Labute approximate surface area is 412 Å². The van der Waals surface area contributed by atoms with Crippen molar-refractivity contribution in [3.63, 3.8) is 0 Å². The number of aromatic amines is 2. The number of fused-ring (bicyclic) bond motifs is 1. The SMILES string of the molecule is CC(C)[C@H](NC(=O)[C@H](C)NC(=O)[C@H](Cc1c[nH]c2ccccc12)NC(=O)[C@@H](N)CCC(N)=O)C(=O)NCCC(=O)N(C)[C@@H](Cc1cnc[nH]1)C(=O)N[C@@H](Cc1ccccc1)C(=O)NC(C(N)=O)C(C)(C)C. The van der Waals surface area contributed by atoms with Crippen molar-refractivity contribution < 1.29 is 43.2 Å². The lowest BCUT2D eigenvalue weighted by Gasteiger charge is -2.32. The van der Waals surface area contributed by atoms with Crippen LogP contribution in [0.3, 0.4) is 0 Å². The third-order valence-electron chi connectivity index (χ3n) is 11.9. The van der Waals surface area contributed by atoms with Crippen LogP contribution in [0.5, 0.6) is 0 Å². The standard InChI is InChI=1S/C49H69N13O9/c1-27(2)40(60-43(66)28(3)57-45(68)36(58-44(67)33(50)17-18-38(51)63)22-30-24-55-34-16-12-11-15-32(30)34)48(71)54-20-19-39(64)62(7)37(23-31-25-53-26-56-31)47(70)59-35(21-29-13-9-8-10-14-29)46(69)61-41(42(52)65)49(4,5)6/h8-16,24-28,33,35-37,40-41,55H,17-23,50H2,1-7H3,(H2,51,63)(H2,52,65)(H,53,56)(H,54,71)(H,57,68)(H,58,67)(H,59,70)(H,60,66)(H,61,69)/t28-,33-,35-,36-,37-,40-,41?/m0/s1. The lowest BCUT2D eigenvalue weighted by molar-refractivity contribution is -0.140. The molecule has 0 aliphatic carbocycles. The molecule has 0 aliphatic heterocycles. The molecule has 0 bridgehead atoms. The second-order valence-electron chi connectivity index (χ2n) is 19.0. The third kappa shape index (κ3) is 16.8. The summed E-state index contributed by atoms with van der Waals surface area (Å²) in [5, 5.41) is 16.9. The summed E-state index contributed by atoms with van der Waals surface area (Å²) >= 11 is 0. The summed E-state index contributed by atoms with van der Waals surface area (Å²) < 4.78 is 0. The number of benzene rings is 2. The molecule has 4 aromatic rings. The quantitative estimate of drug-likeness (QED) is 0.0380. The number of nitrogens with one attached hydrogen (secondary N) is 8. The van der Waals surface area contributed by atoms with Gasteiger partial charge >= 0.3 is 0 Å². The predicted molar refractivity (Wildman–Crippen MR) is 264 cm³/mol. The highest BCUT2D eigenvalue weighted by Gasteiger charge is 2.36. The van der Waals surface area contributed by atoms with Crippen molar-refractivity contribution in [1.82, 2.24) is 51.8 Å². The van der Waals surface area contributed by atoms with Gasteiger partial charge in [0.25, 0.3) is 0 Å². The second-order valence-corrected chi connectivity index (χ2v) is 19.0. The van der Waals surface area contributed by atoms with Crippen LogP contribution in [0.4, 0.5) is 0 Å². The molecule has 0 radical (unpaired) electrons. The van der Waals surface area contributed by atoms with E-state index in [1.54, 1.807) is 71.1 Å². The number of carbonyl (C=O) groups is 9. The molecule has 4 rings (SSSR count). The number of amides is 9. The first-order valence-electron chi connectivity index (χ1n) is 23.4. The Kier molecular flexibility index (Phi) is 20.4. The molecule has 14 N–H and O–H groups in total. The maximum atomic E-state index is 14.2. The maximum Gasteiger partial charge on any atom is 0.243 e. The number of rotatable bonds is 26. The maximum absolute atomic E-state index is 14.2. The van der Waals surface area contributed by atoms with Gasteiger partial charge in [0.2, 0.25) is 53.2 Å². The lowest BCUT2D eigenvalue weighted by atomic mass is 9.86. The predicted octanol–water partition coefficient (Wildman–Crippen LogP) is -0.524. The number of imidazole rings is 1. The van der Waals surface area contributed by atoms with Crippen molar-refractivity contribution in [2.24, 2.45) is 28.5 Å². The van der Waals surface area contributed by atoms with Crippen LogP contribution in [0.25, 0.3) is 10.9 Å². The summed E-state index contributed by atoms with van der Waals surface area (Å²) in [4.78, 5) is 131. The van der Waals surface area contributed by atoms with Crippen LogP contribution in [0.1, 0.15) is 77.6 Å². The van der Waals surface area contributed by atoms with E-state index in [0.717, 1.165) is 10.9 Å². The van der Waals surface area contributed by atoms with Gasteiger partial charge in [-0.3, -0.25) is 43.2 Å². The fourth-order valence-electron chi connectivity index (χ4n) is 7.68. The highest BCUT2D eigenvalue weighted by atomic mass is 16.2. The Balaban J connectivity index is 1.41. The van der Waals surface area contributed by atoms with Crippen LogP contribution in [-0.4, -0.2) is 129 Å². The van der Waals surface area contributed by atoms with E-state index in [9.17, 15) is 43.2 Å². The topological polar surface area (TPSA) is 352 Å². The molecule has 2 heterocycles. The summed E-state index contributed by atoms with van der Waals surface area (Å²) in [5.41, 5.74) is 18.9. The number of nitrogens with two attached hydrogens (primary N) is 3. The molecule has 0 aliphatic rings. The molecule has 384 valence electrons. The van der Waals surface area contributed by atoms with E-state index in [4.69, 9.17) is 17.2 Å². The van der Waals surface area contributed by atoms with Crippen molar-refractivity contribution in [2.45, 2.75) is 122 Å². The average molecular weight is 984 g/mol. The zero-order valence-electron chi connectivity index (χ0n) is 41.3. The van der Waals surface area contributed by atoms with Crippen LogP contribution >= 0.6 is 0 Å². The summed E-state index contributed by atoms with van der Waals surface area (Å²) in [5.74, 6) is -6.48. The molecule has 71 heavy (non-hydrogen) atoms. The Morgan fingerprint density at radius 3 is 1.96 bits per heavy atom. The monoisotopic (exact) mass is 984 g/mol.